The van der Waals surface area contributed by atoms with Crippen LogP contribution in [0.1, 0.15) is 21.8 Å². The number of carboxylic acid groups (broad SMARTS) is 1. The van der Waals surface area contributed by atoms with Crippen molar-refractivity contribution in [3.8, 4) is 5.69 Å². The Morgan fingerprint density at radius 1 is 1.30 bits per heavy atom. The largest absolute Gasteiger partial charge is 0.479 e. The van der Waals surface area contributed by atoms with Gasteiger partial charge in [0, 0.05) is 18.4 Å². The average molecular weight is 391 g/mol. The number of nitrogens with zero attached hydrogens (tertiary/aromatic N) is 3. The number of benzene rings is 1. The monoisotopic (exact) mass is 391 g/mol. The van der Waals surface area contributed by atoms with Crippen LogP contribution in [0.15, 0.2) is 30.3 Å². The molecule has 27 heavy (non-hydrogen) atoms. The van der Waals surface area contributed by atoms with E-state index in [4.69, 9.17) is 5.11 Å². The Bertz CT molecular complexity index is 1060. The normalized spacial score (nSPS) is 19.7. The van der Waals surface area contributed by atoms with Gasteiger partial charge in [-0.05, 0) is 37.3 Å². The summed E-state index contributed by atoms with van der Waals surface area (Å²) in [5.41, 5.74) is -1.03. The summed E-state index contributed by atoms with van der Waals surface area (Å²) in [5, 5.41) is 14.2. The van der Waals surface area contributed by atoms with Crippen molar-refractivity contribution in [3.05, 3.63) is 46.7 Å². The van der Waals surface area contributed by atoms with Crippen LogP contribution in [0.25, 0.3) is 15.9 Å². The van der Waals surface area contributed by atoms with E-state index in [1.165, 1.54) is 28.4 Å². The van der Waals surface area contributed by atoms with Crippen molar-refractivity contribution >= 4 is 33.4 Å². The van der Waals surface area contributed by atoms with Crippen molar-refractivity contribution in [2.45, 2.75) is 19.0 Å². The summed E-state index contributed by atoms with van der Waals surface area (Å²) in [4.78, 5) is 26.1. The number of hydrogen-bond donors (Lipinski definition) is 1. The van der Waals surface area contributed by atoms with Crippen LogP contribution in [0.3, 0.4) is 0 Å². The number of amides is 1. The first kappa shape index (κ1) is 17.6. The molecule has 1 N–H and O–H groups in total. The quantitative estimate of drug-likeness (QED) is 0.744. The maximum absolute atomic E-state index is 14.3. The smallest absolute Gasteiger partial charge is 0.343 e. The van der Waals surface area contributed by atoms with Crippen molar-refractivity contribution in [2.24, 2.45) is 0 Å². The third kappa shape index (κ3) is 2.87. The molecule has 4 rings (SSSR count). The molecule has 0 aliphatic carbocycles. The molecule has 9 heteroatoms. The Kier molecular flexibility index (Phi) is 3.99. The molecule has 0 radical (unpaired) electrons. The van der Waals surface area contributed by atoms with E-state index in [-0.39, 0.29) is 18.8 Å². The van der Waals surface area contributed by atoms with Gasteiger partial charge in [0.1, 0.15) is 10.6 Å². The highest BCUT2D eigenvalue weighted by atomic mass is 32.1. The number of hydrogen-bond acceptors (Lipinski definition) is 4. The summed E-state index contributed by atoms with van der Waals surface area (Å²) in [5.74, 6) is -2.30. The second-order valence-electron chi connectivity index (χ2n) is 6.55. The van der Waals surface area contributed by atoms with Crippen molar-refractivity contribution in [1.82, 2.24) is 14.7 Å². The molecule has 1 fully saturated rings. The molecule has 0 unspecified atom stereocenters. The first-order chi connectivity index (χ1) is 12.8. The van der Waals surface area contributed by atoms with Gasteiger partial charge in [-0.1, -0.05) is 0 Å². The highest BCUT2D eigenvalue weighted by molar-refractivity contribution is 7.20. The van der Waals surface area contributed by atoms with Gasteiger partial charge in [0.2, 0.25) is 5.67 Å². The fourth-order valence-corrected chi connectivity index (χ4v) is 4.34. The molecule has 0 bridgehead atoms. The number of likely N-dealkylation sites (tertiary alicyclic amines) is 1. The summed E-state index contributed by atoms with van der Waals surface area (Å²) >= 11 is 1.19. The predicted octanol–water partition coefficient (Wildman–Crippen LogP) is 3.17. The predicted molar refractivity (Wildman–Crippen MR) is 95.6 cm³/mol. The van der Waals surface area contributed by atoms with Crippen molar-refractivity contribution in [3.63, 3.8) is 0 Å². The first-order valence-corrected chi connectivity index (χ1v) is 9.07. The Hall–Kier alpha value is -2.81. The van der Waals surface area contributed by atoms with Gasteiger partial charge in [0.05, 0.1) is 22.8 Å². The molecule has 1 aliphatic rings. The fraction of sp³-hybridized carbons (Fsp3) is 0.278. The number of thiophene rings is 1. The average Bonchev–Trinajstić information content (AvgIpc) is 3.31. The third-order valence-corrected chi connectivity index (χ3v) is 5.82. The number of rotatable bonds is 3. The summed E-state index contributed by atoms with van der Waals surface area (Å²) in [6, 6.07) is 7.52. The molecule has 2 aromatic heterocycles. The van der Waals surface area contributed by atoms with Gasteiger partial charge in [0.25, 0.3) is 5.91 Å². The topological polar surface area (TPSA) is 75.4 Å². The molecule has 1 aromatic carbocycles. The zero-order chi connectivity index (χ0) is 19.3. The zero-order valence-corrected chi connectivity index (χ0v) is 15.1. The highest BCUT2D eigenvalue weighted by Crippen LogP contribution is 2.33. The molecular formula is C18H15F2N3O3S. The molecule has 6 nitrogen and oxygen atoms in total. The van der Waals surface area contributed by atoms with Crippen molar-refractivity contribution in [1.29, 1.82) is 0 Å². The SMILES string of the molecule is Cc1nn(-c2ccc(F)cc2)c2sc(C(=O)N3CC[C@@](F)(C(=O)O)C3)cc12. The third-order valence-electron chi connectivity index (χ3n) is 4.72. The van der Waals surface area contributed by atoms with Crippen LogP contribution in [0, 0.1) is 12.7 Å². The lowest BCUT2D eigenvalue weighted by Crippen LogP contribution is -2.38. The molecule has 1 aliphatic heterocycles. The standard InChI is InChI=1S/C18H15F2N3O3S/c1-10-13-8-14(15(24)22-7-6-18(20,9-22)17(25)26)27-16(13)23(21-10)12-4-2-11(19)3-5-12/h2-5,8H,6-7,9H2,1H3,(H,25,26)/t18-/m0/s1. The van der Waals surface area contributed by atoms with Crippen molar-refractivity contribution in [2.75, 3.05) is 13.1 Å². The Balaban J connectivity index is 1.68. The number of halogens is 2. The van der Waals surface area contributed by atoms with Crippen LogP contribution in [-0.4, -0.2) is 50.4 Å². The van der Waals surface area contributed by atoms with Crippen LogP contribution in [-0.2, 0) is 4.79 Å². The van der Waals surface area contributed by atoms with E-state index in [2.05, 4.69) is 5.10 Å². The first-order valence-electron chi connectivity index (χ1n) is 8.25. The van der Waals surface area contributed by atoms with Gasteiger partial charge in [-0.2, -0.15) is 5.10 Å². The molecular weight excluding hydrogens is 376 g/mol. The number of carbonyl (C=O) groups is 2. The van der Waals surface area contributed by atoms with Crippen LogP contribution < -0.4 is 0 Å². The van der Waals surface area contributed by atoms with E-state index in [9.17, 15) is 18.4 Å². The van der Waals surface area contributed by atoms with E-state index in [1.807, 2.05) is 0 Å². The molecule has 0 spiro atoms. The number of carbonyl (C=O) groups excluding carboxylic acids is 1. The fourth-order valence-electron chi connectivity index (χ4n) is 3.19. The lowest BCUT2D eigenvalue weighted by atomic mass is 10.1. The van der Waals surface area contributed by atoms with Crippen LogP contribution in [0.5, 0.6) is 0 Å². The minimum Gasteiger partial charge on any atom is -0.479 e. The van der Waals surface area contributed by atoms with E-state index >= 15 is 0 Å². The summed E-state index contributed by atoms with van der Waals surface area (Å²) < 4.78 is 29.1. The minimum atomic E-state index is -2.40. The molecule has 1 atom stereocenters. The molecule has 1 amide bonds. The number of aromatic nitrogens is 2. The lowest BCUT2D eigenvalue weighted by Gasteiger charge is -2.16. The molecule has 3 aromatic rings. The Morgan fingerprint density at radius 2 is 2.00 bits per heavy atom. The van der Waals surface area contributed by atoms with Crippen molar-refractivity contribution < 1.29 is 23.5 Å². The van der Waals surface area contributed by atoms with E-state index in [1.54, 1.807) is 29.8 Å². The van der Waals surface area contributed by atoms with Gasteiger partial charge in [-0.3, -0.25) is 4.79 Å². The summed E-state index contributed by atoms with van der Waals surface area (Å²) in [7, 11) is 0. The molecule has 1 saturated heterocycles. The second-order valence-corrected chi connectivity index (χ2v) is 7.58. The molecule has 3 heterocycles. The van der Waals surface area contributed by atoms with Crippen LogP contribution >= 0.6 is 11.3 Å². The van der Waals surface area contributed by atoms with Crippen LogP contribution in [0.4, 0.5) is 8.78 Å². The van der Waals surface area contributed by atoms with Gasteiger partial charge in [-0.25, -0.2) is 18.3 Å². The maximum Gasteiger partial charge on any atom is 0.343 e. The maximum atomic E-state index is 14.3. The van der Waals surface area contributed by atoms with Gasteiger partial charge in [-0.15, -0.1) is 11.3 Å². The van der Waals surface area contributed by atoms with E-state index in [0.717, 1.165) is 5.39 Å². The number of alkyl halides is 1. The highest BCUT2D eigenvalue weighted by Gasteiger charge is 2.47. The number of carboxylic acids is 1. The lowest BCUT2D eigenvalue weighted by molar-refractivity contribution is -0.149. The Morgan fingerprint density at radius 3 is 2.63 bits per heavy atom. The van der Waals surface area contributed by atoms with Gasteiger partial charge in [0.15, 0.2) is 0 Å². The minimum absolute atomic E-state index is 0.0545. The second kappa shape index (κ2) is 6.12. The summed E-state index contributed by atoms with van der Waals surface area (Å²) in [6.07, 6.45) is -0.221. The Labute approximate surface area is 156 Å². The van der Waals surface area contributed by atoms with Gasteiger partial charge < -0.3 is 10.0 Å². The number of aliphatic carboxylic acids is 1. The molecule has 0 saturated carbocycles. The van der Waals surface area contributed by atoms with E-state index in [0.29, 0.717) is 21.1 Å². The van der Waals surface area contributed by atoms with Gasteiger partial charge >= 0.3 is 5.97 Å². The number of aryl methyl sites for hydroxylation is 1. The number of fused-ring (bicyclic) bond motifs is 1. The van der Waals surface area contributed by atoms with E-state index < -0.39 is 24.1 Å². The van der Waals surface area contributed by atoms with Crippen LogP contribution in [0.2, 0.25) is 0 Å². The zero-order valence-electron chi connectivity index (χ0n) is 14.3. The molecule has 140 valence electrons. The summed E-state index contributed by atoms with van der Waals surface area (Å²) in [6.45, 7) is 1.40.